The first-order valence-electron chi connectivity index (χ1n) is 9.14. The average molecular weight is 410 g/mol. The van der Waals surface area contributed by atoms with Crippen LogP contribution in [0.3, 0.4) is 0 Å². The number of sulfonamides is 1. The second-order valence-electron chi connectivity index (χ2n) is 6.95. The molecule has 2 aromatic carbocycles. The maximum atomic E-state index is 12.4. The summed E-state index contributed by atoms with van der Waals surface area (Å²) in [7, 11) is -3.81. The Bertz CT molecular complexity index is 1070. The van der Waals surface area contributed by atoms with E-state index in [2.05, 4.69) is 33.9 Å². The van der Waals surface area contributed by atoms with Crippen molar-refractivity contribution in [3.8, 4) is 0 Å². The minimum atomic E-state index is -3.81. The number of aromatic nitrogens is 2. The molecule has 0 saturated carbocycles. The molecule has 0 aliphatic rings. The zero-order valence-corrected chi connectivity index (χ0v) is 17.0. The number of hydrogen-bond acceptors (Lipinski definition) is 5. The van der Waals surface area contributed by atoms with E-state index in [0.717, 1.165) is 6.42 Å². The van der Waals surface area contributed by atoms with Crippen molar-refractivity contribution in [3.05, 3.63) is 78.1 Å². The monoisotopic (exact) mass is 410 g/mol. The molecule has 0 atom stereocenters. The molecule has 0 aliphatic carbocycles. The summed E-state index contributed by atoms with van der Waals surface area (Å²) in [6, 6.07) is 14.9. The Morgan fingerprint density at radius 1 is 0.966 bits per heavy atom. The molecule has 1 amide bonds. The number of anilines is 2. The summed E-state index contributed by atoms with van der Waals surface area (Å²) in [6.45, 7) is 4.29. The molecular weight excluding hydrogens is 388 g/mol. The summed E-state index contributed by atoms with van der Waals surface area (Å²) < 4.78 is 27.1. The Balaban J connectivity index is 1.66. The van der Waals surface area contributed by atoms with Crippen molar-refractivity contribution >= 4 is 27.6 Å². The Kier molecular flexibility index (Phi) is 6.23. The van der Waals surface area contributed by atoms with Gasteiger partial charge in [-0.3, -0.25) is 4.79 Å². The van der Waals surface area contributed by atoms with E-state index in [9.17, 15) is 13.2 Å². The summed E-state index contributed by atoms with van der Waals surface area (Å²) in [5, 5.41) is 2.77. The number of nitrogens with zero attached hydrogens (tertiary/aromatic N) is 2. The number of hydrogen-bond donors (Lipinski definition) is 2. The minimum absolute atomic E-state index is 0.00853. The fourth-order valence-corrected chi connectivity index (χ4v) is 3.67. The van der Waals surface area contributed by atoms with E-state index in [-0.39, 0.29) is 16.8 Å². The van der Waals surface area contributed by atoms with E-state index >= 15 is 0 Å². The molecule has 0 radical (unpaired) electrons. The smallest absolute Gasteiger partial charge is 0.264 e. The van der Waals surface area contributed by atoms with Gasteiger partial charge in [-0.15, -0.1) is 0 Å². The van der Waals surface area contributed by atoms with Gasteiger partial charge in [-0.05, 0) is 60.4 Å². The van der Waals surface area contributed by atoms with Gasteiger partial charge >= 0.3 is 0 Å². The molecule has 0 bridgehead atoms. The molecule has 7 nitrogen and oxygen atoms in total. The van der Waals surface area contributed by atoms with Gasteiger partial charge in [0, 0.05) is 23.6 Å². The van der Waals surface area contributed by atoms with Crippen molar-refractivity contribution in [3.63, 3.8) is 0 Å². The highest BCUT2D eigenvalue weighted by atomic mass is 32.2. The first-order chi connectivity index (χ1) is 13.8. The van der Waals surface area contributed by atoms with Crippen molar-refractivity contribution in [2.24, 2.45) is 5.92 Å². The van der Waals surface area contributed by atoms with Gasteiger partial charge in [-0.2, -0.15) is 0 Å². The van der Waals surface area contributed by atoms with Gasteiger partial charge in [-0.1, -0.05) is 26.0 Å². The lowest BCUT2D eigenvalue weighted by Gasteiger charge is -2.09. The van der Waals surface area contributed by atoms with E-state index in [1.165, 1.54) is 42.2 Å². The quantitative estimate of drug-likeness (QED) is 0.618. The molecule has 3 rings (SSSR count). The van der Waals surface area contributed by atoms with Crippen LogP contribution in [-0.4, -0.2) is 24.3 Å². The third kappa shape index (κ3) is 5.61. The summed E-state index contributed by atoms with van der Waals surface area (Å²) >= 11 is 0. The van der Waals surface area contributed by atoms with Crippen LogP contribution in [0.2, 0.25) is 0 Å². The zero-order valence-electron chi connectivity index (χ0n) is 16.2. The lowest BCUT2D eigenvalue weighted by molar-refractivity contribution is 0.102. The lowest BCUT2D eigenvalue weighted by atomic mass is 10.0. The van der Waals surface area contributed by atoms with Gasteiger partial charge < -0.3 is 5.32 Å². The number of nitrogens with one attached hydrogen (secondary N) is 2. The molecular formula is C21H22N4O3S. The highest BCUT2D eigenvalue weighted by Crippen LogP contribution is 2.17. The zero-order chi connectivity index (χ0) is 20.9. The van der Waals surface area contributed by atoms with E-state index < -0.39 is 10.0 Å². The topological polar surface area (TPSA) is 101 Å². The van der Waals surface area contributed by atoms with Crippen LogP contribution >= 0.6 is 0 Å². The van der Waals surface area contributed by atoms with Gasteiger partial charge in [0.1, 0.15) is 0 Å². The maximum Gasteiger partial charge on any atom is 0.264 e. The Morgan fingerprint density at radius 2 is 1.59 bits per heavy atom. The second kappa shape index (κ2) is 8.83. The van der Waals surface area contributed by atoms with E-state index in [1.54, 1.807) is 18.2 Å². The molecule has 0 unspecified atom stereocenters. The second-order valence-corrected chi connectivity index (χ2v) is 8.63. The van der Waals surface area contributed by atoms with Crippen molar-refractivity contribution in [2.45, 2.75) is 25.2 Å². The van der Waals surface area contributed by atoms with Gasteiger partial charge in [0.15, 0.2) is 0 Å². The molecule has 3 aromatic rings. The molecule has 29 heavy (non-hydrogen) atoms. The lowest BCUT2D eigenvalue weighted by Crippen LogP contribution is -2.15. The van der Waals surface area contributed by atoms with Crippen LogP contribution in [-0.2, 0) is 16.4 Å². The van der Waals surface area contributed by atoms with Crippen molar-refractivity contribution in [1.29, 1.82) is 0 Å². The van der Waals surface area contributed by atoms with Crippen molar-refractivity contribution in [1.82, 2.24) is 9.97 Å². The summed E-state index contributed by atoms with van der Waals surface area (Å²) in [5.41, 5.74) is 2.22. The highest BCUT2D eigenvalue weighted by molar-refractivity contribution is 7.92. The van der Waals surface area contributed by atoms with Crippen LogP contribution in [0.1, 0.15) is 29.8 Å². The Morgan fingerprint density at radius 3 is 2.17 bits per heavy atom. The average Bonchev–Trinajstić information content (AvgIpc) is 2.69. The first kappa shape index (κ1) is 20.5. The normalized spacial score (nSPS) is 11.3. The largest absolute Gasteiger partial charge is 0.322 e. The first-order valence-corrected chi connectivity index (χ1v) is 10.6. The third-order valence-electron chi connectivity index (χ3n) is 4.07. The fourth-order valence-electron chi connectivity index (χ4n) is 2.72. The van der Waals surface area contributed by atoms with Gasteiger partial charge in [0.25, 0.3) is 15.9 Å². The van der Waals surface area contributed by atoms with Crippen LogP contribution in [0.25, 0.3) is 0 Å². The summed E-state index contributed by atoms with van der Waals surface area (Å²) in [4.78, 5) is 20.1. The predicted molar refractivity (Wildman–Crippen MR) is 112 cm³/mol. The molecule has 0 spiro atoms. The number of carbonyl (C=O) groups excluding carboxylic acids is 1. The van der Waals surface area contributed by atoms with Crippen LogP contribution in [0, 0.1) is 5.92 Å². The number of rotatable bonds is 7. The van der Waals surface area contributed by atoms with Crippen LogP contribution in [0.15, 0.2) is 71.9 Å². The fraction of sp³-hybridized carbons (Fsp3) is 0.190. The van der Waals surface area contributed by atoms with Gasteiger partial charge in [0.2, 0.25) is 5.95 Å². The van der Waals surface area contributed by atoms with Crippen LogP contribution < -0.4 is 10.0 Å². The van der Waals surface area contributed by atoms with Gasteiger partial charge in [0.05, 0.1) is 4.90 Å². The molecule has 1 aromatic heterocycles. The highest BCUT2D eigenvalue weighted by Gasteiger charge is 2.15. The SMILES string of the molecule is CC(C)Cc1ccc(C(=O)Nc2ccc(S(=O)(=O)Nc3ncccn3)cc2)cc1. The molecule has 0 fully saturated rings. The Labute approximate surface area is 170 Å². The Hall–Kier alpha value is -3.26. The predicted octanol–water partition coefficient (Wildman–Crippen LogP) is 3.73. The summed E-state index contributed by atoms with van der Waals surface area (Å²) in [5.74, 6) is 0.283. The molecule has 150 valence electrons. The third-order valence-corrected chi connectivity index (χ3v) is 5.42. The van der Waals surface area contributed by atoms with Crippen molar-refractivity contribution < 1.29 is 13.2 Å². The van der Waals surface area contributed by atoms with E-state index in [0.29, 0.717) is 17.2 Å². The van der Waals surface area contributed by atoms with Crippen LogP contribution in [0.5, 0.6) is 0 Å². The molecule has 2 N–H and O–H groups in total. The van der Waals surface area contributed by atoms with E-state index in [1.807, 2.05) is 12.1 Å². The molecule has 1 heterocycles. The number of benzene rings is 2. The molecule has 0 aliphatic heterocycles. The van der Waals surface area contributed by atoms with Crippen LogP contribution in [0.4, 0.5) is 11.6 Å². The molecule has 0 saturated heterocycles. The van der Waals surface area contributed by atoms with E-state index in [4.69, 9.17) is 0 Å². The minimum Gasteiger partial charge on any atom is -0.322 e. The summed E-state index contributed by atoms with van der Waals surface area (Å²) in [6.07, 6.45) is 3.84. The number of amides is 1. The van der Waals surface area contributed by atoms with Crippen molar-refractivity contribution in [2.75, 3.05) is 10.0 Å². The maximum absolute atomic E-state index is 12.4. The molecule has 8 heteroatoms. The number of carbonyl (C=O) groups is 1. The standard InChI is InChI=1S/C21H22N4O3S/c1-15(2)14-16-4-6-17(7-5-16)20(26)24-18-8-10-19(11-9-18)29(27,28)25-21-22-12-3-13-23-21/h3-13,15H,14H2,1-2H3,(H,24,26)(H,22,23,25). The van der Waals surface area contributed by atoms with Gasteiger partial charge in [-0.25, -0.2) is 23.1 Å².